The van der Waals surface area contributed by atoms with Crippen molar-refractivity contribution in [3.63, 3.8) is 0 Å². The van der Waals surface area contributed by atoms with E-state index in [-0.39, 0.29) is 29.6 Å². The van der Waals surface area contributed by atoms with Crippen LogP contribution in [0.4, 0.5) is 0 Å². The molecule has 1 aliphatic heterocycles. The SMILES string of the molecule is CCC(C)NC(=O)COC(=O)c1ccc(Br)c(S(=O)(=O)N2CCOCC2)c1. The molecule has 1 aromatic carbocycles. The van der Waals surface area contributed by atoms with Crippen LogP contribution in [0.25, 0.3) is 0 Å². The van der Waals surface area contributed by atoms with Gasteiger partial charge in [0.1, 0.15) is 0 Å². The van der Waals surface area contributed by atoms with Gasteiger partial charge in [0.25, 0.3) is 5.91 Å². The number of carbonyl (C=O) groups excluding carboxylic acids is 2. The van der Waals surface area contributed by atoms with Gasteiger partial charge >= 0.3 is 5.97 Å². The minimum atomic E-state index is -3.78. The lowest BCUT2D eigenvalue weighted by molar-refractivity contribution is -0.124. The van der Waals surface area contributed by atoms with Crippen molar-refractivity contribution >= 4 is 37.8 Å². The van der Waals surface area contributed by atoms with Crippen LogP contribution in [0.5, 0.6) is 0 Å². The molecule has 0 saturated carbocycles. The molecule has 0 radical (unpaired) electrons. The van der Waals surface area contributed by atoms with Gasteiger partial charge in [0, 0.05) is 23.6 Å². The van der Waals surface area contributed by atoms with Crippen molar-refractivity contribution < 1.29 is 27.5 Å². The Kier molecular flexibility index (Phi) is 7.78. The van der Waals surface area contributed by atoms with Gasteiger partial charge in [-0.2, -0.15) is 4.31 Å². The van der Waals surface area contributed by atoms with Crippen LogP contribution in [0.15, 0.2) is 27.6 Å². The van der Waals surface area contributed by atoms with Gasteiger partial charge < -0.3 is 14.8 Å². The first-order valence-corrected chi connectivity index (χ1v) is 10.8. The molecule has 0 aromatic heterocycles. The van der Waals surface area contributed by atoms with E-state index in [0.717, 1.165) is 6.42 Å². The van der Waals surface area contributed by atoms with E-state index in [1.807, 2.05) is 13.8 Å². The predicted molar refractivity (Wildman–Crippen MR) is 102 cm³/mol. The number of benzene rings is 1. The number of amides is 1. The molecule has 1 saturated heterocycles. The number of sulfonamides is 1. The van der Waals surface area contributed by atoms with Crippen molar-refractivity contribution in [1.82, 2.24) is 9.62 Å². The number of nitrogens with one attached hydrogen (secondary N) is 1. The van der Waals surface area contributed by atoms with E-state index >= 15 is 0 Å². The topological polar surface area (TPSA) is 102 Å². The maximum Gasteiger partial charge on any atom is 0.338 e. The molecular weight excluding hydrogens is 440 g/mol. The molecule has 1 atom stereocenters. The molecule has 10 heteroatoms. The molecule has 1 aromatic rings. The first kappa shape index (κ1) is 21.8. The highest BCUT2D eigenvalue weighted by atomic mass is 79.9. The summed E-state index contributed by atoms with van der Waals surface area (Å²) >= 11 is 3.23. The molecule has 1 N–H and O–H groups in total. The molecule has 1 amide bonds. The Morgan fingerprint density at radius 2 is 2.00 bits per heavy atom. The lowest BCUT2D eigenvalue weighted by atomic mass is 10.2. The fourth-order valence-corrected chi connectivity index (χ4v) is 4.75. The van der Waals surface area contributed by atoms with Crippen molar-refractivity contribution in [2.45, 2.75) is 31.2 Å². The molecule has 0 bridgehead atoms. The number of hydrogen-bond acceptors (Lipinski definition) is 6. The van der Waals surface area contributed by atoms with Crippen LogP contribution in [-0.2, 0) is 24.3 Å². The standard InChI is InChI=1S/C17H23BrN2O6S/c1-3-12(2)19-16(21)11-26-17(22)13-4-5-14(18)15(10-13)27(23,24)20-6-8-25-9-7-20/h4-5,10,12H,3,6-9,11H2,1-2H3,(H,19,21). The fraction of sp³-hybridized carbons (Fsp3) is 0.529. The zero-order valence-corrected chi connectivity index (χ0v) is 17.6. The van der Waals surface area contributed by atoms with E-state index in [1.54, 1.807) is 0 Å². The largest absolute Gasteiger partial charge is 0.452 e. The second-order valence-electron chi connectivity index (χ2n) is 6.11. The molecule has 27 heavy (non-hydrogen) atoms. The summed E-state index contributed by atoms with van der Waals surface area (Å²) in [6, 6.07) is 4.15. The summed E-state index contributed by atoms with van der Waals surface area (Å²) in [6.45, 7) is 4.49. The first-order chi connectivity index (χ1) is 12.8. The average molecular weight is 463 g/mol. The smallest absolute Gasteiger partial charge is 0.338 e. The number of morpholine rings is 1. The van der Waals surface area contributed by atoms with Gasteiger partial charge in [-0.1, -0.05) is 6.92 Å². The van der Waals surface area contributed by atoms with E-state index in [2.05, 4.69) is 21.2 Å². The molecule has 150 valence electrons. The third-order valence-corrected chi connectivity index (χ3v) is 7.00. The lowest BCUT2D eigenvalue weighted by Gasteiger charge is -2.26. The van der Waals surface area contributed by atoms with Crippen LogP contribution in [0, 0.1) is 0 Å². The van der Waals surface area contributed by atoms with Gasteiger partial charge in [0.05, 0.1) is 23.7 Å². The normalized spacial score (nSPS) is 16.6. The molecule has 0 spiro atoms. The van der Waals surface area contributed by atoms with Crippen molar-refractivity contribution in [2.75, 3.05) is 32.9 Å². The number of nitrogens with zero attached hydrogens (tertiary/aromatic N) is 1. The van der Waals surface area contributed by atoms with E-state index in [4.69, 9.17) is 9.47 Å². The van der Waals surface area contributed by atoms with Crippen LogP contribution >= 0.6 is 15.9 Å². The molecule has 8 nitrogen and oxygen atoms in total. The highest BCUT2D eigenvalue weighted by Gasteiger charge is 2.29. The Balaban J connectivity index is 2.12. The van der Waals surface area contributed by atoms with Gasteiger partial charge in [-0.15, -0.1) is 0 Å². The number of rotatable bonds is 7. The van der Waals surface area contributed by atoms with Crippen LogP contribution in [0.1, 0.15) is 30.6 Å². The van der Waals surface area contributed by atoms with Crippen LogP contribution in [-0.4, -0.2) is 63.6 Å². The third-order valence-electron chi connectivity index (χ3n) is 4.11. The second-order valence-corrected chi connectivity index (χ2v) is 8.88. The summed E-state index contributed by atoms with van der Waals surface area (Å²) in [4.78, 5) is 23.9. The monoisotopic (exact) mass is 462 g/mol. The molecule has 2 rings (SSSR count). The second kappa shape index (κ2) is 9.63. The number of carbonyl (C=O) groups is 2. The maximum absolute atomic E-state index is 12.8. The van der Waals surface area contributed by atoms with Gasteiger partial charge in [-0.25, -0.2) is 13.2 Å². The molecule has 1 unspecified atom stereocenters. The Morgan fingerprint density at radius 1 is 1.33 bits per heavy atom. The Hall–Kier alpha value is -1.49. The van der Waals surface area contributed by atoms with Crippen molar-refractivity contribution in [3.05, 3.63) is 28.2 Å². The van der Waals surface area contributed by atoms with Gasteiger partial charge in [-0.3, -0.25) is 4.79 Å². The predicted octanol–water partition coefficient (Wildman–Crippen LogP) is 1.54. The maximum atomic E-state index is 12.8. The van der Waals surface area contributed by atoms with Gasteiger partial charge in [0.2, 0.25) is 10.0 Å². The number of hydrogen-bond donors (Lipinski definition) is 1. The van der Waals surface area contributed by atoms with Crippen molar-refractivity contribution in [2.24, 2.45) is 0 Å². The molecule has 0 aliphatic carbocycles. The van der Waals surface area contributed by atoms with E-state index in [1.165, 1.54) is 22.5 Å². The van der Waals surface area contributed by atoms with Crippen LogP contribution < -0.4 is 5.32 Å². The highest BCUT2D eigenvalue weighted by Crippen LogP contribution is 2.27. The minimum absolute atomic E-state index is 0.0193. The quantitative estimate of drug-likeness (QED) is 0.616. The molecule has 1 aliphatic rings. The summed E-state index contributed by atoms with van der Waals surface area (Å²) in [5.41, 5.74) is 0.0568. The average Bonchev–Trinajstić information content (AvgIpc) is 2.66. The summed E-state index contributed by atoms with van der Waals surface area (Å²) in [6.07, 6.45) is 0.759. The van der Waals surface area contributed by atoms with E-state index < -0.39 is 28.5 Å². The zero-order chi connectivity index (χ0) is 20.0. The van der Waals surface area contributed by atoms with Crippen LogP contribution in [0.2, 0.25) is 0 Å². The van der Waals surface area contributed by atoms with E-state index in [9.17, 15) is 18.0 Å². The lowest BCUT2D eigenvalue weighted by Crippen LogP contribution is -2.40. The molecule has 1 heterocycles. The summed E-state index contributed by atoms with van der Waals surface area (Å²) in [5.74, 6) is -1.17. The number of esters is 1. The van der Waals surface area contributed by atoms with E-state index in [0.29, 0.717) is 17.7 Å². The number of halogens is 1. The minimum Gasteiger partial charge on any atom is -0.452 e. The molecule has 1 fully saturated rings. The Labute approximate surface area is 167 Å². The summed E-state index contributed by atoms with van der Waals surface area (Å²) in [7, 11) is -3.78. The van der Waals surface area contributed by atoms with Gasteiger partial charge in [-0.05, 0) is 47.5 Å². The summed E-state index contributed by atoms with van der Waals surface area (Å²) in [5, 5.41) is 2.69. The number of ether oxygens (including phenoxy) is 2. The summed E-state index contributed by atoms with van der Waals surface area (Å²) < 4.78 is 37.5. The fourth-order valence-electron chi connectivity index (χ4n) is 2.39. The zero-order valence-electron chi connectivity index (χ0n) is 15.2. The Bertz CT molecular complexity index is 793. The van der Waals surface area contributed by atoms with Crippen molar-refractivity contribution in [1.29, 1.82) is 0 Å². The highest BCUT2D eigenvalue weighted by molar-refractivity contribution is 9.10. The first-order valence-electron chi connectivity index (χ1n) is 8.59. The van der Waals surface area contributed by atoms with Gasteiger partial charge in [0.15, 0.2) is 6.61 Å². The Morgan fingerprint density at radius 3 is 2.63 bits per heavy atom. The van der Waals surface area contributed by atoms with Crippen molar-refractivity contribution in [3.8, 4) is 0 Å². The molecular formula is C17H23BrN2O6S. The third kappa shape index (κ3) is 5.74. The van der Waals surface area contributed by atoms with Crippen LogP contribution in [0.3, 0.4) is 0 Å².